The lowest BCUT2D eigenvalue weighted by molar-refractivity contribution is -0.115. The Balaban J connectivity index is 1.92. The number of rotatable bonds is 6. The van der Waals surface area contributed by atoms with Crippen LogP contribution >= 0.6 is 11.6 Å². The minimum atomic E-state index is -3.61. The maximum Gasteiger partial charge on any atom is 0.239 e. The maximum absolute atomic E-state index is 12.1. The molecule has 0 fully saturated rings. The summed E-state index contributed by atoms with van der Waals surface area (Å²) in [6.45, 7) is 1.47. The Bertz CT molecular complexity index is 792. The second-order valence-electron chi connectivity index (χ2n) is 5.07. The van der Waals surface area contributed by atoms with Crippen LogP contribution < -0.4 is 10.0 Å². The van der Waals surface area contributed by atoms with E-state index in [1.54, 1.807) is 49.4 Å². The Hall–Kier alpha value is -1.89. The van der Waals surface area contributed by atoms with Crippen molar-refractivity contribution < 1.29 is 13.2 Å². The van der Waals surface area contributed by atoms with Crippen molar-refractivity contribution in [1.82, 2.24) is 4.72 Å². The molecule has 0 aromatic heterocycles. The molecule has 0 atom stereocenters. The summed E-state index contributed by atoms with van der Waals surface area (Å²) in [5, 5.41) is 3.17. The molecule has 0 aliphatic carbocycles. The van der Waals surface area contributed by atoms with Gasteiger partial charge in [-0.15, -0.1) is 0 Å². The van der Waals surface area contributed by atoms with Gasteiger partial charge in [0.1, 0.15) is 0 Å². The first-order chi connectivity index (χ1) is 10.9. The van der Waals surface area contributed by atoms with Crippen LogP contribution in [-0.4, -0.2) is 20.9 Å². The number of carbonyl (C=O) groups is 1. The minimum Gasteiger partial charge on any atom is -0.325 e. The van der Waals surface area contributed by atoms with Gasteiger partial charge in [0.2, 0.25) is 15.9 Å². The van der Waals surface area contributed by atoms with Crippen molar-refractivity contribution >= 4 is 33.2 Å². The van der Waals surface area contributed by atoms with E-state index in [1.165, 1.54) is 0 Å². The molecule has 0 aliphatic rings. The third-order valence-electron chi connectivity index (χ3n) is 3.16. The number of hydrogen-bond acceptors (Lipinski definition) is 3. The highest BCUT2D eigenvalue weighted by atomic mass is 35.5. The Morgan fingerprint density at radius 2 is 1.83 bits per heavy atom. The molecule has 0 bridgehead atoms. The van der Waals surface area contributed by atoms with Crippen molar-refractivity contribution in [2.45, 2.75) is 12.7 Å². The summed E-state index contributed by atoms with van der Waals surface area (Å²) in [7, 11) is -3.61. The highest BCUT2D eigenvalue weighted by Crippen LogP contribution is 2.17. The van der Waals surface area contributed by atoms with Gasteiger partial charge in [-0.3, -0.25) is 4.79 Å². The summed E-state index contributed by atoms with van der Waals surface area (Å²) in [4.78, 5) is 11.8. The van der Waals surface area contributed by atoms with Crippen LogP contribution in [0.4, 0.5) is 5.69 Å². The fourth-order valence-electron chi connectivity index (χ4n) is 1.98. The van der Waals surface area contributed by atoms with Gasteiger partial charge in [0, 0.05) is 10.7 Å². The van der Waals surface area contributed by atoms with Crippen LogP contribution in [0.5, 0.6) is 0 Å². The minimum absolute atomic E-state index is 0.200. The number of sulfonamides is 1. The molecule has 2 aromatic rings. The fourth-order valence-corrected chi connectivity index (χ4v) is 3.39. The molecule has 0 radical (unpaired) electrons. The lowest BCUT2D eigenvalue weighted by Crippen LogP contribution is -2.33. The van der Waals surface area contributed by atoms with E-state index >= 15 is 0 Å². The Morgan fingerprint density at radius 3 is 2.48 bits per heavy atom. The van der Waals surface area contributed by atoms with Crippen LogP contribution in [0, 0.1) is 6.92 Å². The number of hydrogen-bond donors (Lipinski definition) is 2. The van der Waals surface area contributed by atoms with Gasteiger partial charge in [-0.1, -0.05) is 35.9 Å². The van der Waals surface area contributed by atoms with Crippen LogP contribution in [0.25, 0.3) is 0 Å². The number of halogens is 1. The molecule has 0 saturated carbocycles. The van der Waals surface area contributed by atoms with Crippen LogP contribution in [0.15, 0.2) is 48.5 Å². The summed E-state index contributed by atoms with van der Waals surface area (Å²) in [6.07, 6.45) is 0. The summed E-state index contributed by atoms with van der Waals surface area (Å²) in [5.41, 5.74) is 2.05. The third kappa shape index (κ3) is 5.67. The maximum atomic E-state index is 12.1. The number of para-hydroxylation sites is 1. The molecule has 2 aromatic carbocycles. The van der Waals surface area contributed by atoms with Crippen LogP contribution in [0.3, 0.4) is 0 Å². The van der Waals surface area contributed by atoms with Crippen molar-refractivity contribution in [2.75, 3.05) is 11.9 Å². The molecular weight excluding hydrogens is 336 g/mol. The lowest BCUT2D eigenvalue weighted by Gasteiger charge is -2.09. The molecule has 7 heteroatoms. The van der Waals surface area contributed by atoms with E-state index in [0.717, 1.165) is 5.56 Å². The van der Waals surface area contributed by atoms with E-state index in [2.05, 4.69) is 10.0 Å². The first-order valence-electron chi connectivity index (χ1n) is 6.93. The van der Waals surface area contributed by atoms with Gasteiger partial charge < -0.3 is 5.32 Å². The number of benzene rings is 2. The Labute approximate surface area is 140 Å². The Kier molecular flexibility index (Phi) is 5.76. The zero-order chi connectivity index (χ0) is 16.9. The molecule has 0 spiro atoms. The second kappa shape index (κ2) is 7.59. The molecular formula is C16H17ClN2O3S. The molecule has 0 unspecified atom stereocenters. The van der Waals surface area contributed by atoms with Gasteiger partial charge in [0.15, 0.2) is 0 Å². The fraction of sp³-hybridized carbons (Fsp3) is 0.188. The summed E-state index contributed by atoms with van der Waals surface area (Å²) < 4.78 is 26.4. The van der Waals surface area contributed by atoms with Gasteiger partial charge in [0.25, 0.3) is 0 Å². The average Bonchev–Trinajstić information content (AvgIpc) is 2.49. The van der Waals surface area contributed by atoms with Crippen LogP contribution in [0.2, 0.25) is 5.02 Å². The molecule has 0 saturated heterocycles. The lowest BCUT2D eigenvalue weighted by atomic mass is 10.1. The van der Waals surface area contributed by atoms with E-state index < -0.39 is 15.9 Å². The molecule has 1 amide bonds. The first kappa shape index (κ1) is 17.5. The van der Waals surface area contributed by atoms with Gasteiger partial charge in [-0.2, -0.15) is 0 Å². The number of anilines is 1. The molecule has 5 nitrogen and oxygen atoms in total. The van der Waals surface area contributed by atoms with Gasteiger partial charge in [-0.25, -0.2) is 13.1 Å². The zero-order valence-electron chi connectivity index (χ0n) is 12.5. The second-order valence-corrected chi connectivity index (χ2v) is 7.31. The van der Waals surface area contributed by atoms with Gasteiger partial charge >= 0.3 is 0 Å². The van der Waals surface area contributed by atoms with E-state index in [-0.39, 0.29) is 12.3 Å². The van der Waals surface area contributed by atoms with Crippen molar-refractivity contribution in [3.63, 3.8) is 0 Å². The monoisotopic (exact) mass is 352 g/mol. The topological polar surface area (TPSA) is 75.3 Å². The molecule has 0 heterocycles. The predicted octanol–water partition coefficient (Wildman–Crippen LogP) is 2.71. The summed E-state index contributed by atoms with van der Waals surface area (Å²) >= 11 is 5.85. The number of carbonyl (C=O) groups excluding carboxylic acids is 1. The van der Waals surface area contributed by atoms with E-state index in [9.17, 15) is 13.2 Å². The van der Waals surface area contributed by atoms with E-state index in [0.29, 0.717) is 16.3 Å². The average molecular weight is 353 g/mol. The highest BCUT2D eigenvalue weighted by molar-refractivity contribution is 7.88. The van der Waals surface area contributed by atoms with E-state index in [1.807, 2.05) is 6.07 Å². The van der Waals surface area contributed by atoms with E-state index in [4.69, 9.17) is 11.6 Å². The number of amides is 1. The molecule has 122 valence electrons. The molecule has 23 heavy (non-hydrogen) atoms. The van der Waals surface area contributed by atoms with Crippen molar-refractivity contribution in [2.24, 2.45) is 0 Å². The largest absolute Gasteiger partial charge is 0.325 e. The van der Waals surface area contributed by atoms with Crippen molar-refractivity contribution in [1.29, 1.82) is 0 Å². The summed E-state index contributed by atoms with van der Waals surface area (Å²) in [6, 6.07) is 13.9. The van der Waals surface area contributed by atoms with Crippen LogP contribution in [-0.2, 0) is 20.6 Å². The molecule has 2 rings (SSSR count). The third-order valence-corrected chi connectivity index (χ3v) is 4.67. The first-order valence-corrected chi connectivity index (χ1v) is 8.96. The molecule has 0 aliphatic heterocycles. The zero-order valence-corrected chi connectivity index (χ0v) is 14.1. The van der Waals surface area contributed by atoms with Gasteiger partial charge in [0.05, 0.1) is 12.3 Å². The standard InChI is InChI=1S/C16H17ClN2O3S/c1-12-9-14(17)8-7-13(12)11-23(21,22)18-10-16(20)19-15-5-3-2-4-6-15/h2-9,18H,10-11H2,1H3,(H,19,20). The highest BCUT2D eigenvalue weighted by Gasteiger charge is 2.15. The summed E-state index contributed by atoms with van der Waals surface area (Å²) in [5.74, 6) is -0.623. The smallest absolute Gasteiger partial charge is 0.239 e. The normalized spacial score (nSPS) is 11.2. The molecule has 2 N–H and O–H groups in total. The Morgan fingerprint density at radius 1 is 1.13 bits per heavy atom. The quantitative estimate of drug-likeness (QED) is 0.839. The van der Waals surface area contributed by atoms with Crippen molar-refractivity contribution in [3.05, 3.63) is 64.7 Å². The number of aryl methyl sites for hydroxylation is 1. The predicted molar refractivity (Wildman–Crippen MR) is 91.9 cm³/mol. The number of nitrogens with one attached hydrogen (secondary N) is 2. The van der Waals surface area contributed by atoms with Crippen LogP contribution in [0.1, 0.15) is 11.1 Å². The van der Waals surface area contributed by atoms with Gasteiger partial charge in [-0.05, 0) is 42.3 Å². The SMILES string of the molecule is Cc1cc(Cl)ccc1CS(=O)(=O)NCC(=O)Nc1ccccc1. The van der Waals surface area contributed by atoms with Crippen molar-refractivity contribution in [3.8, 4) is 0 Å².